The number of fused-ring (bicyclic) bond motifs is 3. The van der Waals surface area contributed by atoms with Crippen LogP contribution in [0.25, 0.3) is 0 Å². The van der Waals surface area contributed by atoms with Crippen molar-refractivity contribution in [3.63, 3.8) is 0 Å². The lowest BCUT2D eigenvalue weighted by molar-refractivity contribution is -0.234. The zero-order valence-corrected chi connectivity index (χ0v) is 14.6. The molecule has 0 saturated carbocycles. The molecule has 8 heteroatoms. The van der Waals surface area contributed by atoms with Gasteiger partial charge in [-0.05, 0) is 26.0 Å². The van der Waals surface area contributed by atoms with Crippen molar-refractivity contribution in [2.45, 2.75) is 50.3 Å². The Kier molecular flexibility index (Phi) is 4.15. The van der Waals surface area contributed by atoms with E-state index in [1.807, 2.05) is 6.07 Å². The maximum Gasteiger partial charge on any atom is 0.353 e. The van der Waals surface area contributed by atoms with Gasteiger partial charge >= 0.3 is 11.2 Å². The Balaban J connectivity index is 1.43. The maximum atomic E-state index is 12.1. The van der Waals surface area contributed by atoms with E-state index in [0.717, 1.165) is 0 Å². The molecule has 25 heavy (non-hydrogen) atoms. The van der Waals surface area contributed by atoms with Crippen LogP contribution in [0.2, 0.25) is 0 Å². The van der Waals surface area contributed by atoms with Gasteiger partial charge in [0.05, 0.1) is 5.56 Å². The van der Waals surface area contributed by atoms with E-state index in [-0.39, 0.29) is 11.8 Å². The highest BCUT2D eigenvalue weighted by molar-refractivity contribution is 7.79. The predicted octanol–water partition coefficient (Wildman–Crippen LogP) is 1.79. The monoisotopic (exact) mass is 366 g/mol. The van der Waals surface area contributed by atoms with Gasteiger partial charge in [0.1, 0.15) is 12.7 Å². The zero-order chi connectivity index (χ0) is 17.6. The van der Waals surface area contributed by atoms with Crippen molar-refractivity contribution >= 4 is 23.4 Å². The average Bonchev–Trinajstić information content (AvgIpc) is 3.05. The first-order valence-corrected chi connectivity index (χ1v) is 8.44. The lowest BCUT2D eigenvalue weighted by Crippen LogP contribution is -2.51. The molecule has 7 nitrogen and oxygen atoms in total. The molecule has 0 aromatic heterocycles. The molecule has 0 spiro atoms. The molecule has 0 N–H and O–H groups in total. The van der Waals surface area contributed by atoms with Gasteiger partial charge in [0.25, 0.3) is 0 Å². The lowest BCUT2D eigenvalue weighted by atomic mass is 10.1. The summed E-state index contributed by atoms with van der Waals surface area (Å²) in [6.07, 6.45) is -2.52. The van der Waals surface area contributed by atoms with Crippen LogP contribution >= 0.6 is 12.2 Å². The number of ether oxygens (including phenoxy) is 6. The van der Waals surface area contributed by atoms with Crippen LogP contribution in [0.4, 0.5) is 0 Å². The summed E-state index contributed by atoms with van der Waals surface area (Å²) in [6.45, 7) is 3.60. The summed E-state index contributed by atoms with van der Waals surface area (Å²) in [5.41, 5.74) is 0.464. The van der Waals surface area contributed by atoms with Gasteiger partial charge in [-0.1, -0.05) is 18.2 Å². The zero-order valence-electron chi connectivity index (χ0n) is 13.7. The van der Waals surface area contributed by atoms with E-state index in [1.165, 1.54) is 0 Å². The first-order valence-electron chi connectivity index (χ1n) is 8.03. The number of carbonyl (C=O) groups excluding carboxylic acids is 1. The molecule has 0 radical (unpaired) electrons. The summed E-state index contributed by atoms with van der Waals surface area (Å²) >= 11 is 5.06. The molecular formula is C17H18O7S. The summed E-state index contributed by atoms with van der Waals surface area (Å²) in [6, 6.07) is 8.73. The van der Waals surface area contributed by atoms with E-state index < -0.39 is 42.5 Å². The average molecular weight is 366 g/mol. The molecule has 3 aliphatic rings. The van der Waals surface area contributed by atoms with Crippen LogP contribution in [0.5, 0.6) is 0 Å². The second-order valence-electron chi connectivity index (χ2n) is 6.52. The van der Waals surface area contributed by atoms with Crippen LogP contribution in [-0.4, -0.2) is 54.3 Å². The molecule has 0 amide bonds. The fourth-order valence-corrected chi connectivity index (χ4v) is 3.45. The van der Waals surface area contributed by atoms with Gasteiger partial charge in [-0.15, -0.1) is 0 Å². The van der Waals surface area contributed by atoms with E-state index in [1.54, 1.807) is 38.1 Å². The first kappa shape index (κ1) is 16.7. The summed E-state index contributed by atoms with van der Waals surface area (Å²) in [5.74, 6) is -1.19. The smallest absolute Gasteiger partial charge is 0.353 e. The summed E-state index contributed by atoms with van der Waals surface area (Å²) in [7, 11) is 0. The molecule has 3 fully saturated rings. The molecule has 3 heterocycles. The van der Waals surface area contributed by atoms with Gasteiger partial charge in [0, 0.05) is 12.2 Å². The second kappa shape index (κ2) is 6.21. The van der Waals surface area contributed by atoms with Crippen molar-refractivity contribution in [1.29, 1.82) is 0 Å². The van der Waals surface area contributed by atoms with E-state index in [2.05, 4.69) is 0 Å². The highest BCUT2D eigenvalue weighted by Gasteiger charge is 2.60. The molecule has 0 bridgehead atoms. The fraction of sp³-hybridized carbons (Fsp3) is 0.529. The molecule has 5 atom stereocenters. The molecule has 4 rings (SSSR count). The Labute approximate surface area is 150 Å². The highest BCUT2D eigenvalue weighted by Crippen LogP contribution is 2.41. The quantitative estimate of drug-likeness (QED) is 0.592. The number of benzene rings is 1. The van der Waals surface area contributed by atoms with E-state index in [0.29, 0.717) is 5.56 Å². The van der Waals surface area contributed by atoms with Crippen LogP contribution in [0, 0.1) is 0 Å². The van der Waals surface area contributed by atoms with Crippen LogP contribution < -0.4 is 0 Å². The minimum Gasteiger partial charge on any atom is -0.458 e. The normalized spacial score (nSPS) is 35.3. The van der Waals surface area contributed by atoms with Crippen molar-refractivity contribution in [2.24, 2.45) is 0 Å². The Morgan fingerprint density at radius 3 is 2.64 bits per heavy atom. The Morgan fingerprint density at radius 2 is 1.88 bits per heavy atom. The number of hydrogen-bond donors (Lipinski definition) is 0. The van der Waals surface area contributed by atoms with Crippen LogP contribution in [-0.2, 0) is 28.4 Å². The van der Waals surface area contributed by atoms with Crippen molar-refractivity contribution < 1.29 is 33.2 Å². The summed E-state index contributed by atoms with van der Waals surface area (Å²) in [5, 5.41) is -0.0143. The predicted molar refractivity (Wildman–Crippen MR) is 87.8 cm³/mol. The van der Waals surface area contributed by atoms with Crippen LogP contribution in [0.3, 0.4) is 0 Å². The third-order valence-corrected chi connectivity index (χ3v) is 4.45. The third-order valence-electron chi connectivity index (χ3n) is 4.26. The van der Waals surface area contributed by atoms with Gasteiger partial charge in [-0.3, -0.25) is 0 Å². The minimum absolute atomic E-state index is 0.0127. The lowest BCUT2D eigenvalue weighted by Gasteiger charge is -2.35. The number of hydrogen-bond acceptors (Lipinski definition) is 8. The topological polar surface area (TPSA) is 72.5 Å². The van der Waals surface area contributed by atoms with Crippen molar-refractivity contribution in [2.75, 3.05) is 6.61 Å². The van der Waals surface area contributed by atoms with Gasteiger partial charge in [-0.25, -0.2) is 4.79 Å². The van der Waals surface area contributed by atoms with E-state index in [9.17, 15) is 4.79 Å². The highest BCUT2D eigenvalue weighted by atomic mass is 32.1. The van der Waals surface area contributed by atoms with Crippen LogP contribution in [0.15, 0.2) is 30.3 Å². The molecule has 3 aliphatic heterocycles. The van der Waals surface area contributed by atoms with Gasteiger partial charge in [0.2, 0.25) is 0 Å². The van der Waals surface area contributed by atoms with Crippen molar-refractivity contribution in [3.05, 3.63) is 35.9 Å². The fourth-order valence-electron chi connectivity index (χ4n) is 3.21. The molecule has 0 unspecified atom stereocenters. The molecular weight excluding hydrogens is 348 g/mol. The number of rotatable bonds is 3. The SMILES string of the molecule is CC1(C)O[C@H]2O[C@H]3[C@H](OC(=S)O[C@@H]3COC(=O)c3ccccc3)[C@H]2O1. The maximum absolute atomic E-state index is 12.1. The first-order chi connectivity index (χ1) is 11.9. The summed E-state index contributed by atoms with van der Waals surface area (Å²) < 4.78 is 33.9. The number of carbonyl (C=O) groups is 1. The largest absolute Gasteiger partial charge is 0.458 e. The Morgan fingerprint density at radius 1 is 1.12 bits per heavy atom. The molecule has 3 saturated heterocycles. The second-order valence-corrected chi connectivity index (χ2v) is 6.86. The van der Waals surface area contributed by atoms with Crippen molar-refractivity contribution in [3.8, 4) is 0 Å². The molecule has 0 aliphatic carbocycles. The van der Waals surface area contributed by atoms with E-state index in [4.69, 9.17) is 40.6 Å². The standard InChI is InChI=1S/C17H18O7S/c1-17(2)23-13-12-11(21-15(13)24-17)10(20-16(25)22-12)8-19-14(18)9-6-4-3-5-7-9/h3-7,10-13,15H,8H2,1-2H3/t10-,11-,12+,13-,15-/m1/s1. The number of esters is 1. The molecule has 1 aromatic carbocycles. The molecule has 1 aromatic rings. The van der Waals surface area contributed by atoms with Gasteiger partial charge in [0.15, 0.2) is 30.4 Å². The number of thiocarbonyl (C=S) groups is 1. The van der Waals surface area contributed by atoms with Crippen LogP contribution in [0.1, 0.15) is 24.2 Å². The van der Waals surface area contributed by atoms with E-state index >= 15 is 0 Å². The Hall–Kier alpha value is -1.74. The summed E-state index contributed by atoms with van der Waals surface area (Å²) in [4.78, 5) is 12.1. The Bertz CT molecular complexity index is 677. The third kappa shape index (κ3) is 3.22. The minimum atomic E-state index is -0.751. The van der Waals surface area contributed by atoms with Gasteiger partial charge in [-0.2, -0.15) is 0 Å². The molecule has 134 valence electrons. The van der Waals surface area contributed by atoms with Crippen molar-refractivity contribution in [1.82, 2.24) is 0 Å². The van der Waals surface area contributed by atoms with Gasteiger partial charge < -0.3 is 28.4 Å².